The Labute approximate surface area is 152 Å². The normalized spacial score (nSPS) is 20.3. The monoisotopic (exact) mass is 367 g/mol. The van der Waals surface area contributed by atoms with Crippen LogP contribution in [0.25, 0.3) is 11.0 Å². The summed E-state index contributed by atoms with van der Waals surface area (Å²) in [5.74, 6) is -0.0184. The second-order valence-electron chi connectivity index (χ2n) is 6.86. The zero-order chi connectivity index (χ0) is 17.4. The molecule has 0 atom stereocenters. The van der Waals surface area contributed by atoms with Gasteiger partial charge in [-0.1, -0.05) is 0 Å². The number of fused-ring (bicyclic) bond motifs is 1. The fourth-order valence-corrected chi connectivity index (χ4v) is 3.61. The molecule has 25 heavy (non-hydrogen) atoms. The Morgan fingerprint density at radius 3 is 2.60 bits per heavy atom. The van der Waals surface area contributed by atoms with E-state index in [1.54, 1.807) is 11.7 Å². The first kappa shape index (κ1) is 19.5. The molecule has 1 aliphatic rings. The molecule has 1 aliphatic carbocycles. The van der Waals surface area contributed by atoms with Crippen molar-refractivity contribution in [2.45, 2.75) is 58.0 Å². The maximum Gasteiger partial charge on any atom is 0.273 e. The molecule has 0 unspecified atom stereocenters. The van der Waals surface area contributed by atoms with Crippen molar-refractivity contribution in [3.8, 4) is 0 Å². The minimum Gasteiger partial charge on any atom is -0.353 e. The summed E-state index contributed by atoms with van der Waals surface area (Å²) in [6.45, 7) is 3.76. The van der Waals surface area contributed by atoms with Crippen molar-refractivity contribution < 1.29 is 4.79 Å². The number of H-pyrrole nitrogens is 1. The number of carbonyl (C=O) groups excluding carboxylic acids is 1. The standard InChI is InChI=1S/C17H25N5O2.ClH/c1-9-13(8-14(23)20-12-6-4-11(18)5-7-12)10(2)19-16-15(9)17(24)21-22(16)3;/h11-12H,4-8,18H2,1-3H3,(H,20,23)(H,21,24);1H. The van der Waals surface area contributed by atoms with E-state index >= 15 is 0 Å². The van der Waals surface area contributed by atoms with Crippen LogP contribution in [0.5, 0.6) is 0 Å². The Morgan fingerprint density at radius 2 is 1.96 bits per heavy atom. The second-order valence-corrected chi connectivity index (χ2v) is 6.86. The van der Waals surface area contributed by atoms with E-state index in [9.17, 15) is 9.59 Å². The molecule has 7 nitrogen and oxygen atoms in total. The van der Waals surface area contributed by atoms with Crippen LogP contribution in [-0.4, -0.2) is 32.8 Å². The Balaban J connectivity index is 0.00000225. The molecule has 1 amide bonds. The molecule has 0 aromatic carbocycles. The largest absolute Gasteiger partial charge is 0.353 e. The van der Waals surface area contributed by atoms with E-state index < -0.39 is 0 Å². The summed E-state index contributed by atoms with van der Waals surface area (Å²) in [5.41, 5.74) is 8.82. The van der Waals surface area contributed by atoms with Gasteiger partial charge in [0.05, 0.1) is 11.8 Å². The SMILES string of the molecule is Cc1nc2c(c(C)c1CC(=O)NC1CCC(N)CC1)c(=O)[nH]n2C.Cl. The first-order valence-electron chi connectivity index (χ1n) is 8.46. The number of nitrogens with one attached hydrogen (secondary N) is 2. The molecule has 0 saturated heterocycles. The number of pyridine rings is 1. The van der Waals surface area contributed by atoms with Gasteiger partial charge in [-0.05, 0) is 50.7 Å². The zero-order valence-corrected chi connectivity index (χ0v) is 15.7. The first-order chi connectivity index (χ1) is 11.4. The molecular formula is C17H26ClN5O2. The predicted octanol–water partition coefficient (Wildman–Crippen LogP) is 1.23. The van der Waals surface area contributed by atoms with E-state index in [2.05, 4.69) is 15.4 Å². The topological polar surface area (TPSA) is 106 Å². The van der Waals surface area contributed by atoms with Crippen molar-refractivity contribution >= 4 is 29.3 Å². The highest BCUT2D eigenvalue weighted by Gasteiger charge is 2.22. The highest BCUT2D eigenvalue weighted by Crippen LogP contribution is 2.21. The van der Waals surface area contributed by atoms with Crippen LogP contribution >= 0.6 is 12.4 Å². The summed E-state index contributed by atoms with van der Waals surface area (Å²) in [5, 5.41) is 6.38. The number of nitrogens with two attached hydrogens (primary N) is 1. The van der Waals surface area contributed by atoms with E-state index in [4.69, 9.17) is 5.73 Å². The Morgan fingerprint density at radius 1 is 1.32 bits per heavy atom. The van der Waals surface area contributed by atoms with Crippen molar-refractivity contribution in [1.29, 1.82) is 0 Å². The van der Waals surface area contributed by atoms with Crippen LogP contribution in [0, 0.1) is 13.8 Å². The van der Waals surface area contributed by atoms with E-state index in [1.807, 2.05) is 13.8 Å². The van der Waals surface area contributed by atoms with E-state index in [1.165, 1.54) is 0 Å². The number of aromatic nitrogens is 3. The molecular weight excluding hydrogens is 342 g/mol. The molecule has 4 N–H and O–H groups in total. The third-order valence-electron chi connectivity index (χ3n) is 5.05. The number of aryl methyl sites for hydroxylation is 3. The predicted molar refractivity (Wildman–Crippen MR) is 100 cm³/mol. The van der Waals surface area contributed by atoms with Crippen LogP contribution in [0.4, 0.5) is 0 Å². The van der Waals surface area contributed by atoms with Gasteiger partial charge in [0.25, 0.3) is 5.56 Å². The summed E-state index contributed by atoms with van der Waals surface area (Å²) in [7, 11) is 1.76. The lowest BCUT2D eigenvalue weighted by Gasteiger charge is -2.27. The van der Waals surface area contributed by atoms with E-state index in [0.29, 0.717) is 11.0 Å². The third-order valence-corrected chi connectivity index (χ3v) is 5.05. The molecule has 0 spiro atoms. The average molecular weight is 368 g/mol. The number of hydrogen-bond acceptors (Lipinski definition) is 4. The molecule has 2 aromatic rings. The van der Waals surface area contributed by atoms with Crippen LogP contribution in [-0.2, 0) is 18.3 Å². The fourth-order valence-electron chi connectivity index (χ4n) is 3.61. The number of rotatable bonds is 3. The molecule has 8 heteroatoms. The van der Waals surface area contributed by atoms with Crippen molar-refractivity contribution in [1.82, 2.24) is 20.1 Å². The molecule has 2 aromatic heterocycles. The van der Waals surface area contributed by atoms with Crippen molar-refractivity contribution in [2.75, 3.05) is 0 Å². The molecule has 1 fully saturated rings. The van der Waals surface area contributed by atoms with Crippen LogP contribution in [0.2, 0.25) is 0 Å². The Hall–Kier alpha value is -1.86. The Bertz CT molecular complexity index is 834. The number of halogens is 1. The highest BCUT2D eigenvalue weighted by atomic mass is 35.5. The van der Waals surface area contributed by atoms with Crippen LogP contribution in [0.15, 0.2) is 4.79 Å². The van der Waals surface area contributed by atoms with Gasteiger partial charge in [0.1, 0.15) is 0 Å². The van der Waals surface area contributed by atoms with E-state index in [0.717, 1.165) is 42.5 Å². The van der Waals surface area contributed by atoms with Crippen LogP contribution in [0.1, 0.15) is 42.5 Å². The lowest BCUT2D eigenvalue weighted by Crippen LogP contribution is -2.41. The van der Waals surface area contributed by atoms with Crippen molar-refractivity contribution in [3.05, 3.63) is 27.2 Å². The molecule has 2 heterocycles. The number of amides is 1. The minimum absolute atomic E-state index is 0. The van der Waals surface area contributed by atoms with Gasteiger partial charge < -0.3 is 11.1 Å². The fraction of sp³-hybridized carbons (Fsp3) is 0.588. The van der Waals surface area contributed by atoms with Crippen LogP contribution < -0.4 is 16.6 Å². The van der Waals surface area contributed by atoms with Gasteiger partial charge in [0, 0.05) is 24.8 Å². The second kappa shape index (κ2) is 7.58. The first-order valence-corrected chi connectivity index (χ1v) is 8.46. The van der Waals surface area contributed by atoms with Crippen molar-refractivity contribution in [2.24, 2.45) is 12.8 Å². The quantitative estimate of drug-likeness (QED) is 0.758. The zero-order valence-electron chi connectivity index (χ0n) is 14.9. The summed E-state index contributed by atoms with van der Waals surface area (Å²) < 4.78 is 1.62. The number of aromatic amines is 1. The van der Waals surface area contributed by atoms with Crippen LogP contribution in [0.3, 0.4) is 0 Å². The summed E-state index contributed by atoms with van der Waals surface area (Å²) in [6.07, 6.45) is 4.02. The Kier molecular flexibility index (Phi) is 5.90. The number of carbonyl (C=O) groups is 1. The maximum atomic E-state index is 12.4. The highest BCUT2D eigenvalue weighted by molar-refractivity contribution is 5.85. The molecule has 0 aliphatic heterocycles. The van der Waals surface area contributed by atoms with Gasteiger partial charge in [0.15, 0.2) is 5.65 Å². The summed E-state index contributed by atoms with van der Waals surface area (Å²) in [4.78, 5) is 29.0. The lowest BCUT2D eigenvalue weighted by molar-refractivity contribution is -0.121. The molecule has 0 radical (unpaired) electrons. The molecule has 138 valence electrons. The lowest BCUT2D eigenvalue weighted by atomic mass is 9.91. The summed E-state index contributed by atoms with van der Waals surface area (Å²) >= 11 is 0. The molecule has 1 saturated carbocycles. The van der Waals surface area contributed by atoms with Gasteiger partial charge in [-0.2, -0.15) is 0 Å². The van der Waals surface area contributed by atoms with Crippen molar-refractivity contribution in [3.63, 3.8) is 0 Å². The average Bonchev–Trinajstić information content (AvgIpc) is 2.80. The smallest absolute Gasteiger partial charge is 0.273 e. The van der Waals surface area contributed by atoms with Gasteiger partial charge in [-0.3, -0.25) is 19.4 Å². The van der Waals surface area contributed by atoms with Gasteiger partial charge in [0.2, 0.25) is 5.91 Å². The van der Waals surface area contributed by atoms with E-state index in [-0.39, 0.29) is 42.4 Å². The maximum absolute atomic E-state index is 12.4. The number of nitrogens with zero attached hydrogens (tertiary/aromatic N) is 2. The van der Waals surface area contributed by atoms with Gasteiger partial charge in [-0.15, -0.1) is 12.4 Å². The summed E-state index contributed by atoms with van der Waals surface area (Å²) in [6, 6.07) is 0.466. The molecule has 3 rings (SSSR count). The third kappa shape index (κ3) is 3.88. The minimum atomic E-state index is -0.166. The molecule has 0 bridgehead atoms. The van der Waals surface area contributed by atoms with Gasteiger partial charge in [-0.25, -0.2) is 4.98 Å². The van der Waals surface area contributed by atoms with Gasteiger partial charge >= 0.3 is 0 Å². The number of hydrogen-bond donors (Lipinski definition) is 3.